The van der Waals surface area contributed by atoms with Crippen LogP contribution in [0.3, 0.4) is 0 Å². The third kappa shape index (κ3) is 4.89. The molecule has 0 saturated heterocycles. The zero-order chi connectivity index (χ0) is 12.0. The van der Waals surface area contributed by atoms with Crippen molar-refractivity contribution in [2.75, 3.05) is 0 Å². The molecule has 1 unspecified atom stereocenters. The van der Waals surface area contributed by atoms with Crippen molar-refractivity contribution in [1.29, 1.82) is 0 Å². The van der Waals surface area contributed by atoms with Gasteiger partial charge in [0.15, 0.2) is 12.0 Å². The van der Waals surface area contributed by atoms with E-state index in [-0.39, 0.29) is 6.42 Å². The molecule has 0 aliphatic rings. The molecule has 0 saturated carbocycles. The van der Waals surface area contributed by atoms with Crippen LogP contribution >= 0.6 is 0 Å². The molecule has 0 spiro atoms. The van der Waals surface area contributed by atoms with Gasteiger partial charge in [0.2, 0.25) is 11.8 Å². The number of hydrogen-bond donors (Lipinski definition) is 4. The fraction of sp³-hybridized carbons (Fsp3) is 0.375. The van der Waals surface area contributed by atoms with E-state index in [2.05, 4.69) is 6.58 Å². The molecule has 15 heavy (non-hydrogen) atoms. The van der Waals surface area contributed by atoms with Crippen molar-refractivity contribution in [2.24, 2.45) is 11.5 Å². The van der Waals surface area contributed by atoms with E-state index in [0.717, 1.165) is 6.08 Å². The van der Waals surface area contributed by atoms with Gasteiger partial charge in [0.05, 0.1) is 6.04 Å². The predicted molar refractivity (Wildman–Crippen MR) is 51.1 cm³/mol. The van der Waals surface area contributed by atoms with E-state index in [1.54, 1.807) is 0 Å². The van der Waals surface area contributed by atoms with Crippen LogP contribution in [0.25, 0.3) is 0 Å². The minimum absolute atomic E-state index is 0.389. The van der Waals surface area contributed by atoms with Gasteiger partial charge in [-0.15, -0.1) is 0 Å². The van der Waals surface area contributed by atoms with Crippen LogP contribution in [0.4, 0.5) is 0 Å². The van der Waals surface area contributed by atoms with Crippen LogP contribution in [-0.2, 0) is 14.4 Å². The fourth-order valence-corrected chi connectivity index (χ4v) is 0.785. The summed E-state index contributed by atoms with van der Waals surface area (Å²) >= 11 is 0. The Morgan fingerprint density at radius 1 is 1.47 bits per heavy atom. The minimum Gasteiger partial charge on any atom is -0.370 e. The molecular formula is C8H13N3O4. The van der Waals surface area contributed by atoms with E-state index in [1.165, 1.54) is 0 Å². The predicted octanol–water partition coefficient (Wildman–Crippen LogP) is -2.62. The standard InChI is InChI=1S/C8H13N3O4/c1-2-6(13)11-8(15)7(14)4(9)3-5(10)12/h2,4,8,15H,1,3,9H2,(H2,10,12)(H,11,13)/t4-,8?/m0/s1. The third-order valence-corrected chi connectivity index (χ3v) is 1.52. The van der Waals surface area contributed by atoms with Gasteiger partial charge < -0.3 is 21.9 Å². The Hall–Kier alpha value is -1.73. The second-order valence-electron chi connectivity index (χ2n) is 2.79. The SMILES string of the molecule is C=CC(=O)NC(O)C(=O)[C@@H](N)CC(N)=O. The van der Waals surface area contributed by atoms with E-state index in [4.69, 9.17) is 16.6 Å². The summed E-state index contributed by atoms with van der Waals surface area (Å²) < 4.78 is 0. The summed E-state index contributed by atoms with van der Waals surface area (Å²) in [5.41, 5.74) is 10.1. The van der Waals surface area contributed by atoms with Gasteiger partial charge in [-0.2, -0.15) is 0 Å². The molecule has 0 radical (unpaired) electrons. The first-order valence-corrected chi connectivity index (χ1v) is 4.07. The Labute approximate surface area is 86.1 Å². The number of hydrogen-bond acceptors (Lipinski definition) is 5. The molecular weight excluding hydrogens is 202 g/mol. The largest absolute Gasteiger partial charge is 0.370 e. The van der Waals surface area contributed by atoms with E-state index in [9.17, 15) is 14.4 Å². The number of aliphatic hydroxyl groups excluding tert-OH is 1. The summed E-state index contributed by atoms with van der Waals surface area (Å²) in [4.78, 5) is 32.3. The van der Waals surface area contributed by atoms with Crippen molar-refractivity contribution in [1.82, 2.24) is 5.32 Å². The second kappa shape index (κ2) is 5.89. The summed E-state index contributed by atoms with van der Waals surface area (Å²) in [5, 5.41) is 11.0. The van der Waals surface area contributed by atoms with E-state index in [0.29, 0.717) is 0 Å². The number of nitrogens with one attached hydrogen (secondary N) is 1. The Morgan fingerprint density at radius 3 is 2.40 bits per heavy atom. The highest BCUT2D eigenvalue weighted by Gasteiger charge is 2.24. The summed E-state index contributed by atoms with van der Waals surface area (Å²) in [6.45, 7) is 3.13. The molecule has 2 amide bonds. The third-order valence-electron chi connectivity index (χ3n) is 1.52. The van der Waals surface area contributed by atoms with E-state index in [1.807, 2.05) is 5.32 Å². The summed E-state index contributed by atoms with van der Waals surface area (Å²) in [6.07, 6.45) is -1.26. The van der Waals surface area contributed by atoms with Crippen LogP contribution in [0.5, 0.6) is 0 Å². The molecule has 7 heteroatoms. The maximum Gasteiger partial charge on any atom is 0.245 e. The number of rotatable bonds is 6. The normalized spacial score (nSPS) is 13.7. The number of Topliss-reactive ketones (excluding diaryl/α,β-unsaturated/α-hetero) is 1. The minimum atomic E-state index is -1.76. The van der Waals surface area contributed by atoms with Crippen LogP contribution in [0, 0.1) is 0 Å². The van der Waals surface area contributed by atoms with Crippen molar-refractivity contribution in [3.05, 3.63) is 12.7 Å². The number of amides is 2. The van der Waals surface area contributed by atoms with Crippen LogP contribution in [0.1, 0.15) is 6.42 Å². The molecule has 6 N–H and O–H groups in total. The molecule has 2 atom stereocenters. The molecule has 0 aromatic rings. The van der Waals surface area contributed by atoms with Gasteiger partial charge in [-0.3, -0.25) is 14.4 Å². The Kier molecular flexibility index (Phi) is 5.21. The average molecular weight is 215 g/mol. The molecule has 0 aromatic heterocycles. The van der Waals surface area contributed by atoms with Crippen LogP contribution in [0.15, 0.2) is 12.7 Å². The molecule has 0 aliphatic heterocycles. The monoisotopic (exact) mass is 215 g/mol. The van der Waals surface area contributed by atoms with Crippen LogP contribution in [-0.4, -0.2) is 35.0 Å². The lowest BCUT2D eigenvalue weighted by atomic mass is 10.1. The van der Waals surface area contributed by atoms with Crippen molar-refractivity contribution in [3.8, 4) is 0 Å². The first kappa shape index (κ1) is 13.3. The number of primary amides is 1. The molecule has 0 rings (SSSR count). The van der Waals surface area contributed by atoms with Gasteiger partial charge in [-0.1, -0.05) is 6.58 Å². The zero-order valence-corrected chi connectivity index (χ0v) is 7.97. The first-order chi connectivity index (χ1) is 6.88. The maximum absolute atomic E-state index is 11.2. The van der Waals surface area contributed by atoms with Crippen LogP contribution < -0.4 is 16.8 Å². The molecule has 0 aromatic carbocycles. The fourth-order valence-electron chi connectivity index (χ4n) is 0.785. The number of carbonyl (C=O) groups is 3. The van der Waals surface area contributed by atoms with Crippen molar-refractivity contribution in [3.63, 3.8) is 0 Å². The molecule has 84 valence electrons. The van der Waals surface area contributed by atoms with Gasteiger partial charge in [-0.25, -0.2) is 0 Å². The second-order valence-corrected chi connectivity index (χ2v) is 2.79. The summed E-state index contributed by atoms with van der Waals surface area (Å²) in [6, 6.07) is -1.23. The Bertz CT molecular complexity index is 290. The highest BCUT2D eigenvalue weighted by molar-refractivity contribution is 5.96. The Morgan fingerprint density at radius 2 is 2.00 bits per heavy atom. The van der Waals surface area contributed by atoms with Gasteiger partial charge >= 0.3 is 0 Å². The number of nitrogens with two attached hydrogens (primary N) is 2. The Balaban J connectivity index is 4.24. The maximum atomic E-state index is 11.2. The highest BCUT2D eigenvalue weighted by Crippen LogP contribution is 1.93. The summed E-state index contributed by atoms with van der Waals surface area (Å²) in [5.74, 6) is -2.37. The van der Waals surface area contributed by atoms with Crippen molar-refractivity contribution in [2.45, 2.75) is 18.7 Å². The first-order valence-electron chi connectivity index (χ1n) is 4.07. The van der Waals surface area contributed by atoms with Gasteiger partial charge in [0.25, 0.3) is 0 Å². The topological polar surface area (TPSA) is 136 Å². The lowest BCUT2D eigenvalue weighted by Crippen LogP contribution is -2.48. The van der Waals surface area contributed by atoms with Crippen LogP contribution in [0.2, 0.25) is 0 Å². The van der Waals surface area contributed by atoms with Crippen molar-refractivity contribution >= 4 is 17.6 Å². The molecule has 0 heterocycles. The number of ketones is 1. The van der Waals surface area contributed by atoms with E-state index < -0.39 is 29.9 Å². The van der Waals surface area contributed by atoms with Gasteiger partial charge in [-0.05, 0) is 6.08 Å². The lowest BCUT2D eigenvalue weighted by Gasteiger charge is -2.14. The molecule has 0 bridgehead atoms. The molecule has 7 nitrogen and oxygen atoms in total. The van der Waals surface area contributed by atoms with Gasteiger partial charge in [0, 0.05) is 6.42 Å². The molecule has 0 fully saturated rings. The highest BCUT2D eigenvalue weighted by atomic mass is 16.3. The van der Waals surface area contributed by atoms with Gasteiger partial charge in [0.1, 0.15) is 0 Å². The molecule has 0 aliphatic carbocycles. The summed E-state index contributed by atoms with van der Waals surface area (Å²) in [7, 11) is 0. The smallest absolute Gasteiger partial charge is 0.245 e. The lowest BCUT2D eigenvalue weighted by molar-refractivity contribution is -0.135. The number of aliphatic hydroxyl groups is 1. The van der Waals surface area contributed by atoms with Crippen molar-refractivity contribution < 1.29 is 19.5 Å². The zero-order valence-electron chi connectivity index (χ0n) is 7.97. The average Bonchev–Trinajstić information content (AvgIpc) is 2.15. The quantitative estimate of drug-likeness (QED) is 0.284. The number of carbonyl (C=O) groups excluding carboxylic acids is 3. The van der Waals surface area contributed by atoms with E-state index >= 15 is 0 Å².